The van der Waals surface area contributed by atoms with Crippen LogP contribution in [0, 0.1) is 13.8 Å². The van der Waals surface area contributed by atoms with Gasteiger partial charge in [0, 0.05) is 30.6 Å². The maximum absolute atomic E-state index is 12.7. The molecule has 3 rings (SSSR count). The Bertz CT molecular complexity index is 980. The number of hydrogen-bond acceptors (Lipinski definition) is 7. The molecule has 0 radical (unpaired) electrons. The molecule has 2 aromatic heterocycles. The van der Waals surface area contributed by atoms with Crippen LogP contribution in [0.3, 0.4) is 0 Å². The van der Waals surface area contributed by atoms with Crippen molar-refractivity contribution in [2.24, 2.45) is 0 Å². The molecule has 0 spiro atoms. The second-order valence-corrected chi connectivity index (χ2v) is 7.37. The maximum Gasteiger partial charge on any atom is 0.277 e. The second kappa shape index (κ2) is 9.76. The van der Waals surface area contributed by atoms with Gasteiger partial charge in [0.15, 0.2) is 5.78 Å². The molecule has 0 saturated heterocycles. The van der Waals surface area contributed by atoms with Gasteiger partial charge in [-0.25, -0.2) is 0 Å². The van der Waals surface area contributed by atoms with Crippen LogP contribution in [0.4, 0.5) is 0 Å². The van der Waals surface area contributed by atoms with Crippen LogP contribution >= 0.6 is 11.8 Å². The Hall–Kier alpha value is -2.58. The van der Waals surface area contributed by atoms with Gasteiger partial charge < -0.3 is 18.5 Å². The first-order chi connectivity index (χ1) is 14.0. The van der Waals surface area contributed by atoms with Crippen molar-refractivity contribution in [2.75, 3.05) is 26.1 Å². The summed E-state index contributed by atoms with van der Waals surface area (Å²) in [6.45, 7) is 7.74. The Balaban J connectivity index is 1.68. The summed E-state index contributed by atoms with van der Waals surface area (Å²) in [6.07, 6.45) is 0. The number of carbonyl (C=O) groups excluding carboxylic acids is 1. The van der Waals surface area contributed by atoms with E-state index in [-0.39, 0.29) is 11.5 Å². The summed E-state index contributed by atoms with van der Waals surface area (Å²) in [5.41, 5.74) is 3.44. The first-order valence-corrected chi connectivity index (χ1v) is 10.4. The predicted octanol–water partition coefficient (Wildman–Crippen LogP) is 4.18. The average molecular weight is 416 g/mol. The van der Waals surface area contributed by atoms with E-state index in [9.17, 15) is 4.79 Å². The minimum Gasteiger partial charge on any atom is -0.493 e. The molecule has 0 saturated carbocycles. The van der Waals surface area contributed by atoms with Crippen molar-refractivity contribution in [1.29, 1.82) is 0 Å². The first-order valence-electron chi connectivity index (χ1n) is 9.42. The number of ether oxygens (including phenoxy) is 2. The zero-order valence-electron chi connectivity index (χ0n) is 17.1. The quantitative estimate of drug-likeness (QED) is 0.363. The summed E-state index contributed by atoms with van der Waals surface area (Å²) >= 11 is 1.24. The molecule has 1 aromatic carbocycles. The number of aromatic nitrogens is 3. The molecular weight excluding hydrogens is 390 g/mol. The van der Waals surface area contributed by atoms with E-state index >= 15 is 0 Å². The lowest BCUT2D eigenvalue weighted by Gasteiger charge is -2.08. The van der Waals surface area contributed by atoms with Crippen LogP contribution < -0.4 is 4.74 Å². The average Bonchev–Trinajstić information content (AvgIpc) is 3.30. The van der Waals surface area contributed by atoms with Crippen LogP contribution in [0.25, 0.3) is 11.5 Å². The van der Waals surface area contributed by atoms with Crippen molar-refractivity contribution in [3.05, 3.63) is 47.3 Å². The van der Waals surface area contributed by atoms with Crippen molar-refractivity contribution < 1.29 is 18.7 Å². The number of para-hydroxylation sites is 1. The largest absolute Gasteiger partial charge is 0.493 e. The van der Waals surface area contributed by atoms with Gasteiger partial charge in [-0.2, -0.15) is 0 Å². The number of ketones is 1. The molecule has 29 heavy (non-hydrogen) atoms. The summed E-state index contributed by atoms with van der Waals surface area (Å²) in [4.78, 5) is 12.7. The summed E-state index contributed by atoms with van der Waals surface area (Å²) < 4.78 is 18.6. The minimum atomic E-state index is 0.0289. The second-order valence-electron chi connectivity index (χ2n) is 6.44. The molecule has 0 aliphatic heterocycles. The van der Waals surface area contributed by atoms with Crippen molar-refractivity contribution in [3.63, 3.8) is 0 Å². The number of rotatable bonds is 10. The van der Waals surface area contributed by atoms with Gasteiger partial charge >= 0.3 is 0 Å². The highest BCUT2D eigenvalue weighted by Crippen LogP contribution is 2.31. The number of thioether (sulfide) groups is 1. The zero-order valence-corrected chi connectivity index (χ0v) is 17.9. The van der Waals surface area contributed by atoms with E-state index < -0.39 is 0 Å². The van der Waals surface area contributed by atoms with Gasteiger partial charge in [0.05, 0.1) is 24.5 Å². The molecule has 8 heteroatoms. The van der Waals surface area contributed by atoms with Crippen LogP contribution in [0.15, 0.2) is 40.0 Å². The Labute approximate surface area is 174 Å². The van der Waals surface area contributed by atoms with Gasteiger partial charge in [-0.05, 0) is 39.0 Å². The van der Waals surface area contributed by atoms with Gasteiger partial charge in [-0.3, -0.25) is 4.79 Å². The van der Waals surface area contributed by atoms with Gasteiger partial charge in [0.25, 0.3) is 11.1 Å². The van der Waals surface area contributed by atoms with E-state index in [1.165, 1.54) is 11.8 Å². The lowest BCUT2D eigenvalue weighted by Crippen LogP contribution is -2.09. The fraction of sp³-hybridized carbons (Fsp3) is 0.381. The fourth-order valence-corrected chi connectivity index (χ4v) is 3.76. The van der Waals surface area contributed by atoms with Crippen LogP contribution in [-0.4, -0.2) is 46.6 Å². The molecule has 0 aliphatic rings. The molecule has 0 atom stereocenters. The van der Waals surface area contributed by atoms with Crippen molar-refractivity contribution in [2.45, 2.75) is 32.5 Å². The van der Waals surface area contributed by atoms with E-state index in [1.807, 2.05) is 51.1 Å². The number of Topliss-reactive ketones (excluding diaryl/α,β-unsaturated/α-hetero) is 1. The van der Waals surface area contributed by atoms with Crippen LogP contribution in [-0.2, 0) is 11.3 Å². The third-order valence-corrected chi connectivity index (χ3v) is 5.36. The normalized spacial score (nSPS) is 11.0. The highest BCUT2D eigenvalue weighted by molar-refractivity contribution is 7.99. The van der Waals surface area contributed by atoms with E-state index in [1.54, 1.807) is 7.11 Å². The Morgan fingerprint density at radius 2 is 2.03 bits per heavy atom. The lowest BCUT2D eigenvalue weighted by molar-refractivity contribution is 0.102. The number of hydrogen-bond donors (Lipinski definition) is 0. The van der Waals surface area contributed by atoms with Gasteiger partial charge in [-0.1, -0.05) is 23.9 Å². The van der Waals surface area contributed by atoms with E-state index in [0.717, 1.165) is 23.5 Å². The standard InChI is InChI=1S/C21H25N3O4S/c1-5-27-19-9-7-6-8-16(19)20-22-23-21(28-20)29-13-18(25)17-12-14(2)24(15(17)3)10-11-26-4/h6-9,12H,5,10-11,13H2,1-4H3. The smallest absolute Gasteiger partial charge is 0.277 e. The highest BCUT2D eigenvalue weighted by atomic mass is 32.2. The fourth-order valence-electron chi connectivity index (χ4n) is 3.12. The predicted molar refractivity (Wildman–Crippen MR) is 112 cm³/mol. The Morgan fingerprint density at radius 3 is 2.79 bits per heavy atom. The third-order valence-electron chi connectivity index (χ3n) is 4.54. The lowest BCUT2D eigenvalue weighted by atomic mass is 10.2. The first kappa shape index (κ1) is 21.1. The highest BCUT2D eigenvalue weighted by Gasteiger charge is 2.18. The topological polar surface area (TPSA) is 79.4 Å². The SMILES string of the molecule is CCOc1ccccc1-c1nnc(SCC(=O)c2cc(C)n(CCOC)c2C)o1. The zero-order chi connectivity index (χ0) is 20.8. The number of methoxy groups -OCH3 is 1. The van der Waals surface area contributed by atoms with Gasteiger partial charge in [-0.15, -0.1) is 10.2 Å². The van der Waals surface area contributed by atoms with E-state index in [2.05, 4.69) is 14.8 Å². The number of nitrogens with zero attached hydrogens (tertiary/aromatic N) is 3. The van der Waals surface area contributed by atoms with Crippen LogP contribution in [0.1, 0.15) is 28.7 Å². The van der Waals surface area contributed by atoms with Gasteiger partial charge in [0.1, 0.15) is 5.75 Å². The van der Waals surface area contributed by atoms with E-state index in [0.29, 0.717) is 35.6 Å². The minimum absolute atomic E-state index is 0.0289. The molecule has 154 valence electrons. The molecule has 0 amide bonds. The summed E-state index contributed by atoms with van der Waals surface area (Å²) in [5.74, 6) is 1.32. The van der Waals surface area contributed by atoms with Crippen molar-refractivity contribution >= 4 is 17.5 Å². The Kier molecular flexibility index (Phi) is 7.11. The monoisotopic (exact) mass is 415 g/mol. The van der Waals surface area contributed by atoms with Crippen molar-refractivity contribution in [3.8, 4) is 17.2 Å². The molecule has 7 nitrogen and oxygen atoms in total. The van der Waals surface area contributed by atoms with Crippen LogP contribution in [0.2, 0.25) is 0 Å². The molecule has 2 heterocycles. The molecule has 0 unspecified atom stereocenters. The Morgan fingerprint density at radius 1 is 1.24 bits per heavy atom. The number of carbonyl (C=O) groups is 1. The number of benzene rings is 1. The molecular formula is C21H25N3O4S. The number of aryl methyl sites for hydroxylation is 1. The summed E-state index contributed by atoms with van der Waals surface area (Å²) in [6, 6.07) is 9.43. The van der Waals surface area contributed by atoms with Crippen molar-refractivity contribution in [1.82, 2.24) is 14.8 Å². The van der Waals surface area contributed by atoms with E-state index in [4.69, 9.17) is 13.9 Å². The molecule has 3 aromatic rings. The summed E-state index contributed by atoms with van der Waals surface area (Å²) in [7, 11) is 1.67. The molecule has 0 bridgehead atoms. The third kappa shape index (κ3) is 4.89. The van der Waals surface area contributed by atoms with Gasteiger partial charge in [0.2, 0.25) is 0 Å². The molecule has 0 aliphatic carbocycles. The molecule has 0 N–H and O–H groups in total. The summed E-state index contributed by atoms with van der Waals surface area (Å²) in [5, 5.41) is 8.52. The van der Waals surface area contributed by atoms with Crippen LogP contribution in [0.5, 0.6) is 5.75 Å². The molecule has 0 fully saturated rings. The maximum atomic E-state index is 12.7.